The first-order chi connectivity index (χ1) is 8.08. The van der Waals surface area contributed by atoms with E-state index in [-0.39, 0.29) is 5.91 Å². The molecule has 1 aromatic heterocycles. The van der Waals surface area contributed by atoms with Gasteiger partial charge in [0.15, 0.2) is 0 Å². The third-order valence-electron chi connectivity index (χ3n) is 3.30. The Morgan fingerprint density at radius 1 is 1.47 bits per heavy atom. The number of hydrogen-bond donors (Lipinski definition) is 0. The first-order valence-electron chi connectivity index (χ1n) is 5.77. The number of hydrogen-bond acceptors (Lipinski definition) is 3. The monoisotopic (exact) mass is 316 g/mol. The van der Waals surface area contributed by atoms with Crippen LogP contribution >= 0.6 is 27.3 Å². The zero-order valence-electron chi connectivity index (χ0n) is 10.1. The molecule has 1 saturated heterocycles. The molecule has 0 aliphatic carbocycles. The first kappa shape index (κ1) is 13.1. The molecule has 1 aliphatic rings. The standard InChI is InChI=1S/C12H17BrN2OS/c1-14(2)10-3-5-15(6-4-10)12(16)9-7-11(13)17-8-9/h7-8,10H,3-6H2,1-2H3. The second kappa shape index (κ2) is 5.50. The molecule has 1 amide bonds. The number of rotatable bonds is 2. The third-order valence-corrected chi connectivity index (χ3v) is 4.80. The molecule has 1 fully saturated rings. The summed E-state index contributed by atoms with van der Waals surface area (Å²) in [5.74, 6) is 0.171. The van der Waals surface area contributed by atoms with Crippen LogP contribution in [0.25, 0.3) is 0 Å². The topological polar surface area (TPSA) is 23.6 Å². The van der Waals surface area contributed by atoms with Gasteiger partial charge in [-0.15, -0.1) is 11.3 Å². The highest BCUT2D eigenvalue weighted by Gasteiger charge is 2.24. The number of piperidine rings is 1. The van der Waals surface area contributed by atoms with Crippen molar-refractivity contribution in [3.63, 3.8) is 0 Å². The fraction of sp³-hybridized carbons (Fsp3) is 0.583. The second-order valence-corrected chi connectivity index (χ2v) is 6.92. The SMILES string of the molecule is CN(C)C1CCN(C(=O)c2csc(Br)c2)CC1. The molecule has 1 aliphatic heterocycles. The fourth-order valence-corrected chi connectivity index (χ4v) is 3.32. The molecular weight excluding hydrogens is 300 g/mol. The Labute approximate surface area is 115 Å². The van der Waals surface area contributed by atoms with E-state index in [1.165, 1.54) is 0 Å². The van der Waals surface area contributed by atoms with Gasteiger partial charge in [0.2, 0.25) is 0 Å². The molecule has 3 nitrogen and oxygen atoms in total. The van der Waals surface area contributed by atoms with Crippen molar-refractivity contribution in [3.05, 3.63) is 20.8 Å². The molecule has 0 aromatic carbocycles. The van der Waals surface area contributed by atoms with Crippen LogP contribution in [0, 0.1) is 0 Å². The summed E-state index contributed by atoms with van der Waals surface area (Å²) in [5.41, 5.74) is 0.810. The van der Waals surface area contributed by atoms with E-state index in [0.29, 0.717) is 6.04 Å². The third kappa shape index (κ3) is 3.09. The minimum Gasteiger partial charge on any atom is -0.339 e. The summed E-state index contributed by atoms with van der Waals surface area (Å²) in [6.07, 6.45) is 2.15. The van der Waals surface area contributed by atoms with Crippen LogP contribution in [0.4, 0.5) is 0 Å². The molecule has 0 unspecified atom stereocenters. The normalized spacial score (nSPS) is 17.8. The van der Waals surface area contributed by atoms with Gasteiger partial charge in [-0.05, 0) is 48.9 Å². The average molecular weight is 317 g/mol. The number of thiophene rings is 1. The van der Waals surface area contributed by atoms with Crippen LogP contribution in [-0.4, -0.2) is 48.9 Å². The quantitative estimate of drug-likeness (QED) is 0.837. The van der Waals surface area contributed by atoms with Crippen molar-refractivity contribution in [2.24, 2.45) is 0 Å². The number of carbonyl (C=O) groups excluding carboxylic acids is 1. The number of nitrogens with zero attached hydrogens (tertiary/aromatic N) is 2. The highest BCUT2D eigenvalue weighted by molar-refractivity contribution is 9.11. The van der Waals surface area contributed by atoms with Gasteiger partial charge in [-0.2, -0.15) is 0 Å². The second-order valence-electron chi connectivity index (χ2n) is 4.63. The highest BCUT2D eigenvalue weighted by Crippen LogP contribution is 2.23. The molecular formula is C12H17BrN2OS. The Kier molecular flexibility index (Phi) is 4.22. The van der Waals surface area contributed by atoms with Gasteiger partial charge in [0.25, 0.3) is 5.91 Å². The maximum atomic E-state index is 12.2. The largest absolute Gasteiger partial charge is 0.339 e. The van der Waals surface area contributed by atoms with E-state index in [0.717, 1.165) is 35.3 Å². The Morgan fingerprint density at radius 2 is 2.12 bits per heavy atom. The van der Waals surface area contributed by atoms with Gasteiger partial charge in [0.05, 0.1) is 9.35 Å². The molecule has 17 heavy (non-hydrogen) atoms. The molecule has 0 spiro atoms. The van der Waals surface area contributed by atoms with Gasteiger partial charge >= 0.3 is 0 Å². The summed E-state index contributed by atoms with van der Waals surface area (Å²) in [6.45, 7) is 1.74. The average Bonchev–Trinajstić information content (AvgIpc) is 2.75. The predicted molar refractivity (Wildman–Crippen MR) is 74.6 cm³/mol. The van der Waals surface area contributed by atoms with Crippen molar-refractivity contribution in [3.8, 4) is 0 Å². The van der Waals surface area contributed by atoms with Crippen molar-refractivity contribution >= 4 is 33.2 Å². The van der Waals surface area contributed by atoms with Gasteiger partial charge in [0, 0.05) is 24.5 Å². The molecule has 5 heteroatoms. The molecule has 0 atom stereocenters. The molecule has 0 N–H and O–H groups in total. The lowest BCUT2D eigenvalue weighted by Gasteiger charge is -2.35. The lowest BCUT2D eigenvalue weighted by atomic mass is 10.0. The van der Waals surface area contributed by atoms with Gasteiger partial charge in [-0.1, -0.05) is 0 Å². The van der Waals surface area contributed by atoms with Crippen LogP contribution in [0.5, 0.6) is 0 Å². The smallest absolute Gasteiger partial charge is 0.254 e. The van der Waals surface area contributed by atoms with Crippen molar-refractivity contribution < 1.29 is 4.79 Å². The number of likely N-dealkylation sites (tertiary alicyclic amines) is 1. The predicted octanol–water partition coefficient (Wildman–Crippen LogP) is 2.68. The van der Waals surface area contributed by atoms with Crippen molar-refractivity contribution in [2.45, 2.75) is 18.9 Å². The lowest BCUT2D eigenvalue weighted by Crippen LogP contribution is -2.44. The Balaban J connectivity index is 1.95. The van der Waals surface area contributed by atoms with Crippen LogP contribution < -0.4 is 0 Å². The van der Waals surface area contributed by atoms with E-state index >= 15 is 0 Å². The molecule has 94 valence electrons. The molecule has 0 bridgehead atoms. The van der Waals surface area contributed by atoms with E-state index in [2.05, 4.69) is 34.9 Å². The van der Waals surface area contributed by atoms with Crippen LogP contribution in [-0.2, 0) is 0 Å². The summed E-state index contributed by atoms with van der Waals surface area (Å²) in [5, 5.41) is 1.92. The van der Waals surface area contributed by atoms with Crippen molar-refractivity contribution in [1.29, 1.82) is 0 Å². The van der Waals surface area contributed by atoms with Crippen molar-refractivity contribution in [1.82, 2.24) is 9.80 Å². The summed E-state index contributed by atoms with van der Waals surface area (Å²) < 4.78 is 1.02. The summed E-state index contributed by atoms with van der Waals surface area (Å²) in [6, 6.07) is 2.53. The molecule has 2 rings (SSSR count). The first-order valence-corrected chi connectivity index (χ1v) is 7.45. The van der Waals surface area contributed by atoms with Gasteiger partial charge in [0.1, 0.15) is 0 Å². The molecule has 1 aromatic rings. The molecule has 2 heterocycles. The Morgan fingerprint density at radius 3 is 2.59 bits per heavy atom. The number of amides is 1. The zero-order chi connectivity index (χ0) is 12.4. The highest BCUT2D eigenvalue weighted by atomic mass is 79.9. The van der Waals surface area contributed by atoms with E-state index in [4.69, 9.17) is 0 Å². The van der Waals surface area contributed by atoms with E-state index in [9.17, 15) is 4.79 Å². The van der Waals surface area contributed by atoms with Gasteiger partial charge in [-0.25, -0.2) is 0 Å². The van der Waals surface area contributed by atoms with Gasteiger partial charge < -0.3 is 9.80 Å². The van der Waals surface area contributed by atoms with E-state index in [1.54, 1.807) is 11.3 Å². The van der Waals surface area contributed by atoms with Crippen LogP contribution in [0.1, 0.15) is 23.2 Å². The molecule has 0 radical (unpaired) electrons. The maximum absolute atomic E-state index is 12.2. The lowest BCUT2D eigenvalue weighted by molar-refractivity contribution is 0.0664. The summed E-state index contributed by atoms with van der Waals surface area (Å²) in [7, 11) is 4.22. The van der Waals surface area contributed by atoms with Crippen molar-refractivity contribution in [2.75, 3.05) is 27.2 Å². The minimum absolute atomic E-state index is 0.171. The maximum Gasteiger partial charge on any atom is 0.254 e. The van der Waals surface area contributed by atoms with E-state index < -0.39 is 0 Å². The Bertz CT molecular complexity index is 397. The summed E-state index contributed by atoms with van der Waals surface area (Å²) in [4.78, 5) is 16.4. The summed E-state index contributed by atoms with van der Waals surface area (Å²) >= 11 is 4.96. The number of carbonyl (C=O) groups is 1. The van der Waals surface area contributed by atoms with Crippen LogP contribution in [0.2, 0.25) is 0 Å². The van der Waals surface area contributed by atoms with Crippen LogP contribution in [0.15, 0.2) is 15.2 Å². The zero-order valence-corrected chi connectivity index (χ0v) is 12.6. The minimum atomic E-state index is 0.171. The van der Waals surface area contributed by atoms with E-state index in [1.807, 2.05) is 16.3 Å². The molecule has 0 saturated carbocycles. The fourth-order valence-electron chi connectivity index (χ4n) is 2.19. The van der Waals surface area contributed by atoms with Gasteiger partial charge in [-0.3, -0.25) is 4.79 Å². The van der Waals surface area contributed by atoms with Crippen LogP contribution in [0.3, 0.4) is 0 Å². The Hall–Kier alpha value is -0.390. The number of halogens is 1.